The van der Waals surface area contributed by atoms with Gasteiger partial charge >= 0.3 is 5.97 Å². The van der Waals surface area contributed by atoms with Gasteiger partial charge in [-0.3, -0.25) is 4.79 Å². The first-order chi connectivity index (χ1) is 7.50. The number of carboxylic acids is 1. The standard InChI is InChI=1S/C11H13NO4.ClH/c1-7(12)11(15)8-2-4-9(5-3-8)16-6-10(13)14;/h2-5,7H,6,12H2,1H3,(H,13,14);1H. The van der Waals surface area contributed by atoms with Crippen molar-refractivity contribution in [2.24, 2.45) is 5.73 Å². The number of ether oxygens (including phenoxy) is 1. The van der Waals surface area contributed by atoms with Gasteiger partial charge < -0.3 is 15.6 Å². The topological polar surface area (TPSA) is 89.6 Å². The fraction of sp³-hybridized carbons (Fsp3) is 0.273. The maximum atomic E-state index is 11.5. The summed E-state index contributed by atoms with van der Waals surface area (Å²) in [7, 11) is 0. The summed E-state index contributed by atoms with van der Waals surface area (Å²) in [5, 5.41) is 8.39. The third-order valence-electron chi connectivity index (χ3n) is 1.91. The van der Waals surface area contributed by atoms with Crippen molar-refractivity contribution in [3.63, 3.8) is 0 Å². The van der Waals surface area contributed by atoms with Crippen LogP contribution in [0, 0.1) is 0 Å². The number of carbonyl (C=O) groups is 2. The van der Waals surface area contributed by atoms with E-state index in [2.05, 4.69) is 0 Å². The maximum Gasteiger partial charge on any atom is 0.341 e. The lowest BCUT2D eigenvalue weighted by molar-refractivity contribution is -0.139. The van der Waals surface area contributed by atoms with Gasteiger partial charge in [0, 0.05) is 5.56 Å². The molecule has 1 aromatic carbocycles. The van der Waals surface area contributed by atoms with Gasteiger partial charge in [0.25, 0.3) is 0 Å². The average Bonchev–Trinajstić information content (AvgIpc) is 2.26. The Morgan fingerprint density at radius 2 is 1.88 bits per heavy atom. The van der Waals surface area contributed by atoms with Gasteiger partial charge in [-0.1, -0.05) is 0 Å². The number of benzene rings is 1. The van der Waals surface area contributed by atoms with E-state index in [1.807, 2.05) is 0 Å². The van der Waals surface area contributed by atoms with Crippen molar-refractivity contribution in [1.82, 2.24) is 0 Å². The summed E-state index contributed by atoms with van der Waals surface area (Å²) < 4.78 is 4.92. The normalized spacial score (nSPS) is 11.2. The van der Waals surface area contributed by atoms with Gasteiger partial charge in [0.1, 0.15) is 5.75 Å². The summed E-state index contributed by atoms with van der Waals surface area (Å²) in [5.74, 6) is -0.802. The molecule has 1 unspecified atom stereocenters. The van der Waals surface area contributed by atoms with Gasteiger partial charge in [-0.05, 0) is 31.2 Å². The third-order valence-corrected chi connectivity index (χ3v) is 1.91. The molecule has 1 aromatic rings. The minimum atomic E-state index is -1.05. The molecule has 94 valence electrons. The molecule has 3 N–H and O–H groups in total. The van der Waals surface area contributed by atoms with Crippen LogP contribution < -0.4 is 10.5 Å². The van der Waals surface area contributed by atoms with Gasteiger partial charge in [0.2, 0.25) is 0 Å². The van der Waals surface area contributed by atoms with E-state index in [1.54, 1.807) is 31.2 Å². The van der Waals surface area contributed by atoms with Crippen molar-refractivity contribution in [3.05, 3.63) is 29.8 Å². The zero-order valence-electron chi connectivity index (χ0n) is 9.25. The van der Waals surface area contributed by atoms with Crippen LogP contribution in [0.25, 0.3) is 0 Å². The Hall–Kier alpha value is -1.59. The van der Waals surface area contributed by atoms with Crippen molar-refractivity contribution in [3.8, 4) is 5.75 Å². The lowest BCUT2D eigenvalue weighted by Crippen LogP contribution is -2.26. The Morgan fingerprint density at radius 1 is 1.35 bits per heavy atom. The van der Waals surface area contributed by atoms with Crippen molar-refractivity contribution in [1.29, 1.82) is 0 Å². The van der Waals surface area contributed by atoms with Crippen LogP contribution in [0.15, 0.2) is 24.3 Å². The largest absolute Gasteiger partial charge is 0.482 e. The van der Waals surface area contributed by atoms with Crippen LogP contribution in [-0.4, -0.2) is 29.5 Å². The number of nitrogens with two attached hydrogens (primary N) is 1. The second-order valence-corrected chi connectivity index (χ2v) is 3.36. The summed E-state index contributed by atoms with van der Waals surface area (Å²) in [6, 6.07) is 5.65. The Balaban J connectivity index is 0.00000256. The zero-order valence-corrected chi connectivity index (χ0v) is 10.1. The molecule has 0 bridgehead atoms. The average molecular weight is 260 g/mol. The molecule has 0 fully saturated rings. The quantitative estimate of drug-likeness (QED) is 0.773. The van der Waals surface area contributed by atoms with Crippen molar-refractivity contribution in [2.45, 2.75) is 13.0 Å². The van der Waals surface area contributed by atoms with E-state index in [1.165, 1.54) is 0 Å². The van der Waals surface area contributed by atoms with E-state index in [0.717, 1.165) is 0 Å². The molecular formula is C11H14ClNO4. The number of rotatable bonds is 5. The molecule has 6 heteroatoms. The number of Topliss-reactive ketones (excluding diaryl/α,β-unsaturated/α-hetero) is 1. The van der Waals surface area contributed by atoms with Gasteiger partial charge in [-0.2, -0.15) is 0 Å². The molecule has 0 radical (unpaired) electrons. The first-order valence-corrected chi connectivity index (χ1v) is 4.75. The molecular weight excluding hydrogens is 246 g/mol. The van der Waals surface area contributed by atoms with Crippen LogP contribution in [-0.2, 0) is 4.79 Å². The lowest BCUT2D eigenvalue weighted by Gasteiger charge is -2.06. The van der Waals surface area contributed by atoms with E-state index in [0.29, 0.717) is 11.3 Å². The lowest BCUT2D eigenvalue weighted by atomic mass is 10.1. The SMILES string of the molecule is CC(N)C(=O)c1ccc(OCC(=O)O)cc1.Cl. The fourth-order valence-electron chi connectivity index (χ4n) is 1.12. The molecule has 1 atom stereocenters. The minimum absolute atomic E-state index is 0. The zero-order chi connectivity index (χ0) is 12.1. The van der Waals surface area contributed by atoms with Crippen molar-refractivity contribution < 1.29 is 19.4 Å². The van der Waals surface area contributed by atoms with E-state index >= 15 is 0 Å². The highest BCUT2D eigenvalue weighted by Crippen LogP contribution is 2.13. The predicted molar refractivity (Wildman–Crippen MR) is 64.8 cm³/mol. The fourth-order valence-corrected chi connectivity index (χ4v) is 1.12. The first kappa shape index (κ1) is 15.4. The first-order valence-electron chi connectivity index (χ1n) is 4.75. The molecule has 1 rings (SSSR count). The summed E-state index contributed by atoms with van der Waals surface area (Å²) in [6.07, 6.45) is 0. The highest BCUT2D eigenvalue weighted by atomic mass is 35.5. The van der Waals surface area contributed by atoms with Crippen molar-refractivity contribution in [2.75, 3.05) is 6.61 Å². The summed E-state index contributed by atoms with van der Waals surface area (Å²) in [5.41, 5.74) is 5.93. The Morgan fingerprint density at radius 3 is 2.29 bits per heavy atom. The van der Waals surface area contributed by atoms with E-state index < -0.39 is 18.6 Å². The summed E-state index contributed by atoms with van der Waals surface area (Å²) >= 11 is 0. The van der Waals surface area contributed by atoms with Crippen LogP contribution in [0.4, 0.5) is 0 Å². The molecule has 0 amide bonds. The van der Waals surface area contributed by atoms with Crippen LogP contribution in [0.1, 0.15) is 17.3 Å². The number of hydrogen-bond donors (Lipinski definition) is 2. The number of hydrogen-bond acceptors (Lipinski definition) is 4. The molecule has 5 nitrogen and oxygen atoms in total. The molecule has 0 aliphatic heterocycles. The minimum Gasteiger partial charge on any atom is -0.482 e. The Labute approximate surface area is 105 Å². The molecule has 0 heterocycles. The molecule has 0 aliphatic carbocycles. The molecule has 0 spiro atoms. The van der Waals surface area contributed by atoms with Gasteiger partial charge in [0.15, 0.2) is 12.4 Å². The van der Waals surface area contributed by atoms with Crippen molar-refractivity contribution >= 4 is 24.2 Å². The molecule has 0 saturated heterocycles. The number of carbonyl (C=O) groups excluding carboxylic acids is 1. The molecule has 17 heavy (non-hydrogen) atoms. The molecule has 0 saturated carbocycles. The van der Waals surface area contributed by atoms with E-state index in [-0.39, 0.29) is 18.2 Å². The third kappa shape index (κ3) is 4.84. The van der Waals surface area contributed by atoms with Crippen LogP contribution >= 0.6 is 12.4 Å². The Kier molecular flexibility index (Phi) is 6.23. The molecule has 0 aliphatic rings. The summed E-state index contributed by atoms with van der Waals surface area (Å²) in [6.45, 7) is 1.21. The van der Waals surface area contributed by atoms with Crippen LogP contribution in [0.3, 0.4) is 0 Å². The number of halogens is 1. The predicted octanol–water partition coefficient (Wildman–Crippen LogP) is 1.10. The second kappa shape index (κ2) is 6.88. The summed E-state index contributed by atoms with van der Waals surface area (Å²) in [4.78, 5) is 21.7. The maximum absolute atomic E-state index is 11.5. The second-order valence-electron chi connectivity index (χ2n) is 3.36. The van der Waals surface area contributed by atoms with Gasteiger partial charge in [-0.15, -0.1) is 12.4 Å². The molecule has 0 aromatic heterocycles. The highest BCUT2D eigenvalue weighted by Gasteiger charge is 2.10. The van der Waals surface area contributed by atoms with E-state index in [9.17, 15) is 9.59 Å². The van der Waals surface area contributed by atoms with Crippen LogP contribution in [0.5, 0.6) is 5.75 Å². The number of aliphatic carboxylic acids is 1. The monoisotopic (exact) mass is 259 g/mol. The van der Waals surface area contributed by atoms with Gasteiger partial charge in [-0.25, -0.2) is 4.79 Å². The van der Waals surface area contributed by atoms with Crippen LogP contribution in [0.2, 0.25) is 0 Å². The van der Waals surface area contributed by atoms with E-state index in [4.69, 9.17) is 15.6 Å². The Bertz CT molecular complexity index is 389. The smallest absolute Gasteiger partial charge is 0.341 e. The number of carboxylic acid groups (broad SMARTS) is 1. The highest BCUT2D eigenvalue weighted by molar-refractivity contribution is 5.99. The van der Waals surface area contributed by atoms with Gasteiger partial charge in [0.05, 0.1) is 6.04 Å². The number of ketones is 1.